The van der Waals surface area contributed by atoms with Crippen molar-refractivity contribution in [2.75, 3.05) is 25.6 Å². The zero-order valence-electron chi connectivity index (χ0n) is 20.4. The highest BCUT2D eigenvalue weighted by Crippen LogP contribution is 2.35. The first kappa shape index (κ1) is 27.0. The van der Waals surface area contributed by atoms with Crippen molar-refractivity contribution in [2.24, 2.45) is 11.7 Å². The molecular weight excluding hydrogens is 486 g/mol. The second-order valence-electron chi connectivity index (χ2n) is 8.46. The SMILES string of the molecule is COc1cc2ncnc(Nc3cc(Cl)ccc3CC(=O)N[C@H](C(=O)O)C(C)C)c2cc1OCCCN. The third-order valence-corrected chi connectivity index (χ3v) is 5.69. The first-order valence-electron chi connectivity index (χ1n) is 11.5. The molecule has 0 bridgehead atoms. The van der Waals surface area contributed by atoms with E-state index < -0.39 is 17.9 Å². The average Bonchev–Trinajstić information content (AvgIpc) is 2.84. The molecule has 1 aromatic heterocycles. The molecule has 0 saturated heterocycles. The van der Waals surface area contributed by atoms with Crippen molar-refractivity contribution >= 4 is 45.9 Å². The number of nitrogens with one attached hydrogen (secondary N) is 2. The molecule has 10 nitrogen and oxygen atoms in total. The van der Waals surface area contributed by atoms with Gasteiger partial charge in [-0.3, -0.25) is 4.79 Å². The molecule has 0 aliphatic rings. The van der Waals surface area contributed by atoms with Crippen LogP contribution in [0.4, 0.5) is 11.5 Å². The lowest BCUT2D eigenvalue weighted by Crippen LogP contribution is -2.44. The molecule has 11 heteroatoms. The lowest BCUT2D eigenvalue weighted by molar-refractivity contribution is -0.143. The number of carboxylic acids is 1. The van der Waals surface area contributed by atoms with Crippen LogP contribution >= 0.6 is 11.6 Å². The highest BCUT2D eigenvalue weighted by molar-refractivity contribution is 6.31. The number of carboxylic acid groups (broad SMARTS) is 1. The smallest absolute Gasteiger partial charge is 0.326 e. The number of nitrogens with two attached hydrogens (primary N) is 1. The van der Waals surface area contributed by atoms with Crippen LogP contribution in [0.1, 0.15) is 25.8 Å². The molecular formula is C25H30ClN5O5. The Labute approximate surface area is 214 Å². The van der Waals surface area contributed by atoms with Gasteiger partial charge < -0.3 is 30.9 Å². The van der Waals surface area contributed by atoms with Crippen molar-refractivity contribution in [3.63, 3.8) is 0 Å². The molecule has 0 aliphatic carbocycles. The van der Waals surface area contributed by atoms with Gasteiger partial charge in [-0.2, -0.15) is 0 Å². The summed E-state index contributed by atoms with van der Waals surface area (Å²) in [5, 5.41) is 16.3. The summed E-state index contributed by atoms with van der Waals surface area (Å²) < 4.78 is 11.3. The number of aromatic nitrogens is 2. The molecule has 5 N–H and O–H groups in total. The van der Waals surface area contributed by atoms with E-state index in [1.807, 2.05) is 0 Å². The van der Waals surface area contributed by atoms with E-state index >= 15 is 0 Å². The van der Waals surface area contributed by atoms with Gasteiger partial charge in [-0.15, -0.1) is 0 Å². The van der Waals surface area contributed by atoms with E-state index in [0.717, 1.165) is 0 Å². The molecule has 0 aliphatic heterocycles. The topological polar surface area (TPSA) is 149 Å². The fourth-order valence-corrected chi connectivity index (χ4v) is 3.73. The quantitative estimate of drug-likeness (QED) is 0.266. The predicted octanol–water partition coefficient (Wildman–Crippen LogP) is 3.53. The van der Waals surface area contributed by atoms with E-state index in [9.17, 15) is 14.7 Å². The number of carbonyl (C=O) groups is 2. The third-order valence-electron chi connectivity index (χ3n) is 5.45. The minimum atomic E-state index is -1.08. The molecule has 0 saturated carbocycles. The highest BCUT2D eigenvalue weighted by Gasteiger charge is 2.24. The standard InChI is InChI=1S/C25H30ClN5O5/c1-14(2)23(25(33)34)31-22(32)9-15-5-6-16(26)10-18(15)30-24-17-11-21(36-8-4-7-27)20(35-3)12-19(17)28-13-29-24/h5-6,10-14,23H,4,7-9,27H2,1-3H3,(H,31,32)(H,33,34)(H,28,29,30)/t23-/m0/s1. The van der Waals surface area contributed by atoms with Gasteiger partial charge in [0, 0.05) is 22.2 Å². The second-order valence-corrected chi connectivity index (χ2v) is 8.90. The molecule has 1 heterocycles. The van der Waals surface area contributed by atoms with E-state index in [2.05, 4.69) is 20.6 Å². The average molecular weight is 516 g/mol. The van der Waals surface area contributed by atoms with Gasteiger partial charge in [-0.25, -0.2) is 14.8 Å². The maximum atomic E-state index is 12.7. The molecule has 3 aromatic rings. The fourth-order valence-electron chi connectivity index (χ4n) is 3.56. The number of halogens is 1. The van der Waals surface area contributed by atoms with Gasteiger partial charge in [-0.05, 0) is 42.6 Å². The Morgan fingerprint density at radius 2 is 1.94 bits per heavy atom. The second kappa shape index (κ2) is 12.4. The minimum Gasteiger partial charge on any atom is -0.493 e. The van der Waals surface area contributed by atoms with Crippen LogP contribution in [0.5, 0.6) is 11.5 Å². The summed E-state index contributed by atoms with van der Waals surface area (Å²) in [5.41, 5.74) is 7.36. The molecule has 2 aromatic carbocycles. The van der Waals surface area contributed by atoms with Crippen molar-refractivity contribution in [3.8, 4) is 11.5 Å². The minimum absolute atomic E-state index is 0.0553. The lowest BCUT2D eigenvalue weighted by atomic mass is 10.0. The van der Waals surface area contributed by atoms with E-state index in [4.69, 9.17) is 26.8 Å². The zero-order valence-corrected chi connectivity index (χ0v) is 21.1. The molecule has 3 rings (SSSR count). The maximum absolute atomic E-state index is 12.7. The molecule has 36 heavy (non-hydrogen) atoms. The summed E-state index contributed by atoms with van der Waals surface area (Å²) in [6.07, 6.45) is 2.04. The van der Waals surface area contributed by atoms with Gasteiger partial charge in [0.25, 0.3) is 0 Å². The number of hydrogen-bond donors (Lipinski definition) is 4. The number of amides is 1. The van der Waals surface area contributed by atoms with Crippen LogP contribution in [-0.4, -0.2) is 53.3 Å². The molecule has 192 valence electrons. The van der Waals surface area contributed by atoms with Crippen molar-refractivity contribution in [1.82, 2.24) is 15.3 Å². The third kappa shape index (κ3) is 6.73. The number of benzene rings is 2. The summed E-state index contributed by atoms with van der Waals surface area (Å²) >= 11 is 6.24. The number of rotatable bonds is 12. The maximum Gasteiger partial charge on any atom is 0.326 e. The van der Waals surface area contributed by atoms with Gasteiger partial charge in [-0.1, -0.05) is 31.5 Å². The largest absolute Gasteiger partial charge is 0.493 e. The molecule has 0 unspecified atom stereocenters. The van der Waals surface area contributed by atoms with Gasteiger partial charge in [0.05, 0.1) is 25.7 Å². The van der Waals surface area contributed by atoms with Crippen molar-refractivity contribution in [1.29, 1.82) is 0 Å². The Kier molecular flexibility index (Phi) is 9.26. The number of nitrogens with zero attached hydrogens (tertiary/aromatic N) is 2. The Morgan fingerprint density at radius 1 is 1.17 bits per heavy atom. The summed E-state index contributed by atoms with van der Waals surface area (Å²) in [6.45, 7) is 4.40. The van der Waals surface area contributed by atoms with Crippen LogP contribution in [0.15, 0.2) is 36.7 Å². The summed E-state index contributed by atoms with van der Waals surface area (Å²) in [5.74, 6) is -0.243. The molecule has 1 atom stereocenters. The van der Waals surface area contributed by atoms with Crippen LogP contribution in [0.25, 0.3) is 10.9 Å². The summed E-state index contributed by atoms with van der Waals surface area (Å²) in [7, 11) is 1.55. The number of anilines is 2. The summed E-state index contributed by atoms with van der Waals surface area (Å²) in [4.78, 5) is 32.9. The van der Waals surface area contributed by atoms with Gasteiger partial charge in [0.2, 0.25) is 5.91 Å². The number of carbonyl (C=O) groups excluding carboxylic acids is 1. The van der Waals surface area contributed by atoms with Crippen molar-refractivity contribution in [3.05, 3.63) is 47.2 Å². The molecule has 1 amide bonds. The van der Waals surface area contributed by atoms with Crippen LogP contribution in [0.2, 0.25) is 5.02 Å². The van der Waals surface area contributed by atoms with E-state index in [-0.39, 0.29) is 12.3 Å². The number of ether oxygens (including phenoxy) is 2. The zero-order chi connectivity index (χ0) is 26.2. The van der Waals surface area contributed by atoms with Crippen LogP contribution in [0, 0.1) is 5.92 Å². The predicted molar refractivity (Wildman–Crippen MR) is 138 cm³/mol. The van der Waals surface area contributed by atoms with Crippen LogP contribution in [-0.2, 0) is 16.0 Å². The Morgan fingerprint density at radius 3 is 2.61 bits per heavy atom. The normalized spacial score (nSPS) is 11.8. The van der Waals surface area contributed by atoms with Gasteiger partial charge in [0.1, 0.15) is 18.2 Å². The first-order valence-corrected chi connectivity index (χ1v) is 11.8. The Hall–Kier alpha value is -3.63. The molecule has 0 fully saturated rings. The van der Waals surface area contributed by atoms with Crippen LogP contribution in [0.3, 0.4) is 0 Å². The Bertz CT molecular complexity index is 1240. The van der Waals surface area contributed by atoms with E-state index in [0.29, 0.717) is 64.1 Å². The van der Waals surface area contributed by atoms with E-state index in [1.54, 1.807) is 51.3 Å². The highest BCUT2D eigenvalue weighted by atomic mass is 35.5. The van der Waals surface area contributed by atoms with Gasteiger partial charge in [0.15, 0.2) is 11.5 Å². The number of fused-ring (bicyclic) bond motifs is 1. The number of hydrogen-bond acceptors (Lipinski definition) is 8. The molecule has 0 spiro atoms. The number of methoxy groups -OCH3 is 1. The first-order chi connectivity index (χ1) is 17.2. The fraction of sp³-hybridized carbons (Fsp3) is 0.360. The number of aliphatic carboxylic acids is 1. The van der Waals surface area contributed by atoms with Gasteiger partial charge >= 0.3 is 5.97 Å². The Balaban J connectivity index is 1.93. The monoisotopic (exact) mass is 515 g/mol. The van der Waals surface area contributed by atoms with Crippen LogP contribution < -0.4 is 25.8 Å². The summed E-state index contributed by atoms with van der Waals surface area (Å²) in [6, 6.07) is 7.60. The lowest BCUT2D eigenvalue weighted by Gasteiger charge is -2.19. The van der Waals surface area contributed by atoms with E-state index in [1.165, 1.54) is 6.33 Å². The van der Waals surface area contributed by atoms with Crippen molar-refractivity contribution < 1.29 is 24.2 Å². The molecule has 0 radical (unpaired) electrons. The van der Waals surface area contributed by atoms with Crippen molar-refractivity contribution in [2.45, 2.75) is 32.7 Å².